The molecule has 0 amide bonds. The third kappa shape index (κ3) is 7.53. The van der Waals surface area contributed by atoms with Crippen molar-refractivity contribution in [1.29, 1.82) is 0 Å². The van der Waals surface area contributed by atoms with Crippen LogP contribution in [0.5, 0.6) is 5.75 Å². The molecule has 1 aromatic carbocycles. The third-order valence-corrected chi connectivity index (χ3v) is 4.67. The van der Waals surface area contributed by atoms with E-state index in [1.807, 2.05) is 12.1 Å². The molecule has 2 N–H and O–H groups in total. The molecule has 1 aromatic rings. The highest BCUT2D eigenvalue weighted by molar-refractivity contribution is 7.84. The Balaban J connectivity index is 0.000000438. The summed E-state index contributed by atoms with van der Waals surface area (Å²) in [5.41, 5.74) is 0.796. The lowest BCUT2D eigenvalue weighted by molar-refractivity contribution is -0.295. The van der Waals surface area contributed by atoms with Gasteiger partial charge in [0.15, 0.2) is 6.29 Å². The second-order valence-electron chi connectivity index (χ2n) is 6.29. The van der Waals surface area contributed by atoms with Gasteiger partial charge in [-0.3, -0.25) is 8.98 Å². The number of carbonyl (C=O) groups excluding carboxylic acids is 1. The summed E-state index contributed by atoms with van der Waals surface area (Å²) in [5.74, 6) is 0.511. The molecule has 0 radical (unpaired) electrons. The number of hydrogen-bond donors (Lipinski definition) is 1. The summed E-state index contributed by atoms with van der Waals surface area (Å²) in [4.78, 5) is 9.82. The Kier molecular flexibility index (Phi) is 8.80. The molecular weight excluding hydrogens is 406 g/mol. The van der Waals surface area contributed by atoms with E-state index in [2.05, 4.69) is 4.74 Å². The van der Waals surface area contributed by atoms with Crippen molar-refractivity contribution in [2.24, 2.45) is 5.14 Å². The molecule has 2 aliphatic heterocycles. The highest BCUT2D eigenvalue weighted by atomic mass is 32.2. The van der Waals surface area contributed by atoms with E-state index in [0.717, 1.165) is 11.3 Å². The zero-order valence-electron chi connectivity index (χ0n) is 16.6. The van der Waals surface area contributed by atoms with Crippen molar-refractivity contribution in [3.8, 4) is 5.75 Å². The van der Waals surface area contributed by atoms with Crippen LogP contribution in [0.3, 0.4) is 0 Å². The monoisotopic (exact) mass is 433 g/mol. The number of methoxy groups -OCH3 is 1. The number of hydrogen-bond acceptors (Lipinski definition) is 9. The minimum absolute atomic E-state index is 0.211. The fourth-order valence-electron chi connectivity index (χ4n) is 2.93. The maximum Gasteiger partial charge on any atom is 0.333 e. The first-order valence-electron chi connectivity index (χ1n) is 9.10. The molecule has 4 atom stereocenters. The van der Waals surface area contributed by atoms with Crippen LogP contribution in [0.15, 0.2) is 24.3 Å². The molecule has 2 fully saturated rings. The average Bonchev–Trinajstić information content (AvgIpc) is 2.67. The van der Waals surface area contributed by atoms with E-state index >= 15 is 0 Å². The van der Waals surface area contributed by atoms with Gasteiger partial charge in [0.05, 0.1) is 20.3 Å². The predicted molar refractivity (Wildman–Crippen MR) is 101 cm³/mol. The van der Waals surface area contributed by atoms with Gasteiger partial charge in [0.2, 0.25) is 0 Å². The van der Waals surface area contributed by atoms with Crippen LogP contribution in [0.2, 0.25) is 0 Å². The molecule has 0 saturated carbocycles. The molecule has 2 aliphatic rings. The van der Waals surface area contributed by atoms with Crippen molar-refractivity contribution in [1.82, 2.24) is 0 Å². The number of rotatable bonds is 5. The molecule has 29 heavy (non-hydrogen) atoms. The van der Waals surface area contributed by atoms with Crippen LogP contribution >= 0.6 is 0 Å². The maximum atomic E-state index is 11.2. The molecule has 0 aliphatic carbocycles. The van der Waals surface area contributed by atoms with Crippen molar-refractivity contribution in [3.05, 3.63) is 29.8 Å². The Morgan fingerprint density at radius 2 is 1.93 bits per heavy atom. The second kappa shape index (κ2) is 10.9. The number of nitrogens with two attached hydrogens (primary N) is 1. The maximum absolute atomic E-state index is 11.2. The molecule has 11 heteroatoms. The van der Waals surface area contributed by atoms with Gasteiger partial charge in [0.25, 0.3) is 0 Å². The van der Waals surface area contributed by atoms with Crippen LogP contribution in [0, 0.1) is 0 Å². The smallest absolute Gasteiger partial charge is 0.333 e. The van der Waals surface area contributed by atoms with Gasteiger partial charge in [-0.2, -0.15) is 8.42 Å². The third-order valence-electron chi connectivity index (χ3n) is 4.15. The summed E-state index contributed by atoms with van der Waals surface area (Å²) in [6, 6.07) is 7.24. The van der Waals surface area contributed by atoms with Gasteiger partial charge < -0.3 is 23.7 Å². The van der Waals surface area contributed by atoms with Crippen molar-refractivity contribution in [2.75, 3.05) is 26.9 Å². The number of esters is 1. The summed E-state index contributed by atoms with van der Waals surface area (Å²) in [5, 5.41) is 4.97. The first-order valence-corrected chi connectivity index (χ1v) is 10.6. The lowest BCUT2D eigenvalue weighted by atomic mass is 10.0. The second-order valence-corrected chi connectivity index (χ2v) is 7.47. The zero-order chi connectivity index (χ0) is 21.4. The van der Waals surface area contributed by atoms with E-state index in [0.29, 0.717) is 19.6 Å². The molecule has 1 unspecified atom stereocenters. The van der Waals surface area contributed by atoms with Crippen LogP contribution in [0.1, 0.15) is 32.1 Å². The highest BCUT2D eigenvalue weighted by Gasteiger charge is 2.43. The van der Waals surface area contributed by atoms with Crippen LogP contribution in [-0.4, -0.2) is 59.6 Å². The van der Waals surface area contributed by atoms with Gasteiger partial charge in [-0.1, -0.05) is 12.1 Å². The number of benzene rings is 1. The average molecular weight is 433 g/mol. The van der Waals surface area contributed by atoms with Gasteiger partial charge in [-0.25, -0.2) is 5.14 Å². The van der Waals surface area contributed by atoms with Crippen LogP contribution in [-0.2, 0) is 38.2 Å². The molecular formula is C18H27NO9S. The van der Waals surface area contributed by atoms with Gasteiger partial charge >= 0.3 is 16.3 Å². The molecule has 2 saturated heterocycles. The quantitative estimate of drug-likeness (QED) is 0.677. The lowest BCUT2D eigenvalue weighted by Gasteiger charge is -2.42. The Morgan fingerprint density at radius 3 is 2.45 bits per heavy atom. The van der Waals surface area contributed by atoms with Crippen molar-refractivity contribution < 1.29 is 41.1 Å². The van der Waals surface area contributed by atoms with Gasteiger partial charge in [0.1, 0.15) is 24.1 Å². The van der Waals surface area contributed by atoms with Gasteiger partial charge in [-0.15, -0.1) is 0 Å². The predicted octanol–water partition coefficient (Wildman–Crippen LogP) is 1.06. The molecule has 0 spiro atoms. The highest BCUT2D eigenvalue weighted by Crippen LogP contribution is 2.34. The molecule has 2 heterocycles. The Bertz CT molecular complexity index is 753. The van der Waals surface area contributed by atoms with E-state index < -0.39 is 28.8 Å². The van der Waals surface area contributed by atoms with E-state index in [-0.39, 0.29) is 18.7 Å². The fraction of sp³-hybridized carbons (Fsp3) is 0.611. The first-order chi connectivity index (χ1) is 13.7. The Labute approximate surface area is 170 Å². The minimum Gasteiger partial charge on any atom is -0.497 e. The summed E-state index contributed by atoms with van der Waals surface area (Å²) in [6.45, 7) is 4.30. The summed E-state index contributed by atoms with van der Waals surface area (Å²) in [7, 11) is -2.47. The summed E-state index contributed by atoms with van der Waals surface area (Å²) in [6.07, 6.45) is -1.89. The Morgan fingerprint density at radius 1 is 1.24 bits per heavy atom. The van der Waals surface area contributed by atoms with Crippen LogP contribution in [0.25, 0.3) is 0 Å². The molecule has 0 bridgehead atoms. The normalized spacial score (nSPS) is 26.5. The van der Waals surface area contributed by atoms with Crippen molar-refractivity contribution in [2.45, 2.75) is 44.9 Å². The summed E-state index contributed by atoms with van der Waals surface area (Å²) < 4.78 is 54.0. The fourth-order valence-corrected chi connectivity index (χ4v) is 3.48. The van der Waals surface area contributed by atoms with E-state index in [9.17, 15) is 13.2 Å². The SMILES string of the molecule is CCOC(C)=O.COc1ccc(C2OC[C@H]3OCC[C@@H](OS(N)(=O)=O)[C@@H]3O2)cc1. The largest absolute Gasteiger partial charge is 0.497 e. The lowest BCUT2D eigenvalue weighted by Crippen LogP contribution is -2.54. The van der Waals surface area contributed by atoms with Crippen molar-refractivity contribution in [3.63, 3.8) is 0 Å². The number of ether oxygens (including phenoxy) is 5. The molecule has 10 nitrogen and oxygen atoms in total. The van der Waals surface area contributed by atoms with E-state index in [4.69, 9.17) is 28.3 Å². The Hall–Kier alpha value is -1.76. The van der Waals surface area contributed by atoms with Crippen LogP contribution < -0.4 is 9.88 Å². The standard InChI is InChI=1S/C14H19NO7S.C4H8O2/c1-18-10-4-2-9(3-5-10)14-20-8-12-13(21-14)11(6-7-19-12)22-23(15,16)17;1-3-6-4(2)5/h2-5,11-14H,6-8H2,1H3,(H2,15,16,17);3H2,1-2H3/t11-,12-,13+,14?;/m1./s1. The zero-order valence-corrected chi connectivity index (χ0v) is 17.4. The van der Waals surface area contributed by atoms with Gasteiger partial charge in [0, 0.05) is 25.5 Å². The van der Waals surface area contributed by atoms with Crippen LogP contribution in [0.4, 0.5) is 0 Å². The molecule has 164 valence electrons. The number of carbonyl (C=O) groups is 1. The molecule has 0 aromatic heterocycles. The van der Waals surface area contributed by atoms with Gasteiger partial charge in [-0.05, 0) is 19.1 Å². The van der Waals surface area contributed by atoms with Crippen molar-refractivity contribution >= 4 is 16.3 Å². The minimum atomic E-state index is -4.06. The molecule has 3 rings (SSSR count). The van der Waals surface area contributed by atoms with E-state index in [1.54, 1.807) is 26.2 Å². The first kappa shape index (κ1) is 23.5. The summed E-state index contributed by atoms with van der Waals surface area (Å²) >= 11 is 0. The van der Waals surface area contributed by atoms with E-state index in [1.165, 1.54) is 6.92 Å². The number of fused-ring (bicyclic) bond motifs is 1. The topological polar surface area (TPSA) is 133 Å².